The molecule has 112 valence electrons. The van der Waals surface area contributed by atoms with Crippen molar-refractivity contribution in [3.8, 4) is 22.9 Å². The van der Waals surface area contributed by atoms with Crippen LogP contribution in [0.5, 0.6) is 11.6 Å². The molecule has 0 unspecified atom stereocenters. The predicted molar refractivity (Wildman–Crippen MR) is 87.3 cm³/mol. The van der Waals surface area contributed by atoms with Crippen LogP contribution in [0, 0.1) is 0 Å². The van der Waals surface area contributed by atoms with Crippen molar-refractivity contribution in [3.05, 3.63) is 48.5 Å². The summed E-state index contributed by atoms with van der Waals surface area (Å²) in [6.07, 6.45) is 0.941. The third-order valence-electron chi connectivity index (χ3n) is 3.46. The topological polar surface area (TPSA) is 44.2 Å². The van der Waals surface area contributed by atoms with Gasteiger partial charge in [-0.25, -0.2) is 0 Å². The number of hydrogen-bond donors (Lipinski definition) is 0. The summed E-state index contributed by atoms with van der Waals surface area (Å²) in [4.78, 5) is 0. The summed E-state index contributed by atoms with van der Waals surface area (Å²) in [5.41, 5.74) is 1.86. The fraction of sp³-hybridized carbons (Fsp3) is 0.222. The second-order valence-corrected chi connectivity index (χ2v) is 4.98. The molecular formula is C18H18N2O2. The lowest BCUT2D eigenvalue weighted by atomic mass is 10.0. The summed E-state index contributed by atoms with van der Waals surface area (Å²) >= 11 is 0. The van der Waals surface area contributed by atoms with E-state index < -0.39 is 0 Å². The van der Waals surface area contributed by atoms with E-state index in [0.29, 0.717) is 12.5 Å². The third-order valence-corrected chi connectivity index (χ3v) is 3.46. The molecule has 22 heavy (non-hydrogen) atoms. The van der Waals surface area contributed by atoms with Gasteiger partial charge in [-0.15, -0.1) is 10.2 Å². The molecule has 0 N–H and O–H groups in total. The minimum absolute atomic E-state index is 0.592. The van der Waals surface area contributed by atoms with E-state index >= 15 is 0 Å². The Hall–Kier alpha value is -2.62. The molecule has 0 aliphatic heterocycles. The Kier molecular flexibility index (Phi) is 4.19. The second-order valence-electron chi connectivity index (χ2n) is 4.98. The zero-order chi connectivity index (χ0) is 15.4. The Morgan fingerprint density at radius 2 is 1.64 bits per heavy atom. The van der Waals surface area contributed by atoms with Gasteiger partial charge in [0.1, 0.15) is 11.4 Å². The first-order chi connectivity index (χ1) is 10.8. The number of methoxy groups -OCH3 is 1. The van der Waals surface area contributed by atoms with Crippen molar-refractivity contribution in [1.82, 2.24) is 10.2 Å². The van der Waals surface area contributed by atoms with E-state index in [1.165, 1.54) is 0 Å². The summed E-state index contributed by atoms with van der Waals surface area (Å²) < 4.78 is 10.9. The van der Waals surface area contributed by atoms with E-state index in [9.17, 15) is 0 Å². The SMILES string of the molecule is CCCOc1nnc(-c2ccc(OC)cc2)c2ccccc12. The molecule has 0 amide bonds. The summed E-state index contributed by atoms with van der Waals surface area (Å²) in [6.45, 7) is 2.71. The van der Waals surface area contributed by atoms with Crippen molar-refractivity contribution in [2.24, 2.45) is 0 Å². The van der Waals surface area contributed by atoms with Gasteiger partial charge in [-0.2, -0.15) is 0 Å². The molecule has 4 nitrogen and oxygen atoms in total. The monoisotopic (exact) mass is 294 g/mol. The second kappa shape index (κ2) is 6.43. The molecular weight excluding hydrogens is 276 g/mol. The van der Waals surface area contributed by atoms with Crippen molar-refractivity contribution >= 4 is 10.8 Å². The van der Waals surface area contributed by atoms with Crippen LogP contribution in [0.2, 0.25) is 0 Å². The molecule has 4 heteroatoms. The van der Waals surface area contributed by atoms with Gasteiger partial charge >= 0.3 is 0 Å². The predicted octanol–water partition coefficient (Wildman–Crippen LogP) is 4.09. The van der Waals surface area contributed by atoms with Crippen molar-refractivity contribution in [1.29, 1.82) is 0 Å². The largest absolute Gasteiger partial charge is 0.497 e. The van der Waals surface area contributed by atoms with E-state index in [0.717, 1.165) is 34.2 Å². The van der Waals surface area contributed by atoms with Gasteiger partial charge in [0.25, 0.3) is 0 Å². The Bertz CT molecular complexity index is 770. The van der Waals surface area contributed by atoms with Crippen molar-refractivity contribution < 1.29 is 9.47 Å². The molecule has 0 saturated carbocycles. The van der Waals surface area contributed by atoms with Crippen LogP contribution in [-0.4, -0.2) is 23.9 Å². The van der Waals surface area contributed by atoms with E-state index in [-0.39, 0.29) is 0 Å². The van der Waals surface area contributed by atoms with Crippen molar-refractivity contribution in [3.63, 3.8) is 0 Å². The minimum Gasteiger partial charge on any atom is -0.497 e. The normalized spacial score (nSPS) is 10.6. The van der Waals surface area contributed by atoms with Crippen LogP contribution < -0.4 is 9.47 Å². The maximum absolute atomic E-state index is 5.70. The lowest BCUT2D eigenvalue weighted by Gasteiger charge is -2.10. The first-order valence-electron chi connectivity index (χ1n) is 7.36. The molecule has 0 aliphatic carbocycles. The summed E-state index contributed by atoms with van der Waals surface area (Å²) in [6, 6.07) is 15.9. The van der Waals surface area contributed by atoms with Gasteiger partial charge in [0.2, 0.25) is 5.88 Å². The zero-order valence-electron chi connectivity index (χ0n) is 12.7. The van der Waals surface area contributed by atoms with Gasteiger partial charge in [0.15, 0.2) is 0 Å². The fourth-order valence-corrected chi connectivity index (χ4v) is 2.35. The quantitative estimate of drug-likeness (QED) is 0.711. The molecule has 0 spiro atoms. The number of benzene rings is 2. The van der Waals surface area contributed by atoms with Crippen LogP contribution in [0.4, 0.5) is 0 Å². The molecule has 0 saturated heterocycles. The minimum atomic E-state index is 0.592. The molecule has 0 fully saturated rings. The number of aromatic nitrogens is 2. The first-order valence-corrected chi connectivity index (χ1v) is 7.36. The van der Waals surface area contributed by atoms with Gasteiger partial charge < -0.3 is 9.47 Å². The lowest BCUT2D eigenvalue weighted by molar-refractivity contribution is 0.306. The van der Waals surface area contributed by atoms with Crippen LogP contribution in [-0.2, 0) is 0 Å². The van der Waals surface area contributed by atoms with E-state index in [1.54, 1.807) is 7.11 Å². The molecule has 1 heterocycles. The highest BCUT2D eigenvalue weighted by atomic mass is 16.5. The maximum Gasteiger partial charge on any atom is 0.241 e. The summed E-state index contributed by atoms with van der Waals surface area (Å²) in [5, 5.41) is 10.6. The summed E-state index contributed by atoms with van der Waals surface area (Å²) in [7, 11) is 1.66. The summed E-state index contributed by atoms with van der Waals surface area (Å²) in [5.74, 6) is 1.42. The average molecular weight is 294 g/mol. The van der Waals surface area contributed by atoms with Crippen LogP contribution in [0.25, 0.3) is 22.0 Å². The Balaban J connectivity index is 2.10. The fourth-order valence-electron chi connectivity index (χ4n) is 2.35. The Morgan fingerprint density at radius 1 is 0.909 bits per heavy atom. The molecule has 0 radical (unpaired) electrons. The number of rotatable bonds is 5. The third kappa shape index (κ3) is 2.72. The number of fused-ring (bicyclic) bond motifs is 1. The number of nitrogens with zero attached hydrogens (tertiary/aromatic N) is 2. The smallest absolute Gasteiger partial charge is 0.241 e. The van der Waals surface area contributed by atoms with Gasteiger partial charge in [0.05, 0.1) is 13.7 Å². The highest BCUT2D eigenvalue weighted by molar-refractivity contribution is 5.96. The van der Waals surface area contributed by atoms with Crippen LogP contribution >= 0.6 is 0 Å². The highest BCUT2D eigenvalue weighted by Gasteiger charge is 2.11. The standard InChI is InChI=1S/C18H18N2O2/c1-3-12-22-18-16-7-5-4-6-15(16)17(19-20-18)13-8-10-14(21-2)11-9-13/h4-11H,3,12H2,1-2H3. The van der Waals surface area contributed by atoms with Crippen molar-refractivity contribution in [2.75, 3.05) is 13.7 Å². The lowest BCUT2D eigenvalue weighted by Crippen LogP contribution is -2.01. The first kappa shape index (κ1) is 14.3. The van der Waals surface area contributed by atoms with E-state index in [4.69, 9.17) is 9.47 Å². The maximum atomic E-state index is 5.70. The molecule has 0 bridgehead atoms. The van der Waals surface area contributed by atoms with E-state index in [1.807, 2.05) is 48.5 Å². The number of hydrogen-bond acceptors (Lipinski definition) is 4. The van der Waals surface area contributed by atoms with Crippen LogP contribution in [0.3, 0.4) is 0 Å². The number of ether oxygens (including phenoxy) is 2. The molecule has 2 aromatic carbocycles. The Morgan fingerprint density at radius 3 is 2.32 bits per heavy atom. The van der Waals surface area contributed by atoms with Crippen LogP contribution in [0.15, 0.2) is 48.5 Å². The molecule has 0 atom stereocenters. The van der Waals surface area contributed by atoms with Crippen molar-refractivity contribution in [2.45, 2.75) is 13.3 Å². The van der Waals surface area contributed by atoms with Gasteiger partial charge in [-0.05, 0) is 36.8 Å². The Labute approximate surface area is 129 Å². The molecule has 3 aromatic rings. The zero-order valence-corrected chi connectivity index (χ0v) is 12.7. The van der Waals surface area contributed by atoms with Crippen LogP contribution in [0.1, 0.15) is 13.3 Å². The average Bonchev–Trinajstić information content (AvgIpc) is 2.60. The molecule has 1 aromatic heterocycles. The van der Waals surface area contributed by atoms with Gasteiger partial charge in [-0.3, -0.25) is 0 Å². The molecule has 0 aliphatic rings. The highest BCUT2D eigenvalue weighted by Crippen LogP contribution is 2.31. The molecule has 3 rings (SSSR count). The van der Waals surface area contributed by atoms with E-state index in [2.05, 4.69) is 17.1 Å². The van der Waals surface area contributed by atoms with Gasteiger partial charge in [0, 0.05) is 16.3 Å². The van der Waals surface area contributed by atoms with Gasteiger partial charge in [-0.1, -0.05) is 25.1 Å².